The smallest absolute Gasteiger partial charge is 0.244 e. The fourth-order valence-corrected chi connectivity index (χ4v) is 5.10. The molecule has 1 fully saturated rings. The Balaban J connectivity index is 1.56. The number of nitrogen functional groups attached to an aromatic ring is 1. The molecule has 0 bridgehead atoms. The maximum Gasteiger partial charge on any atom is 0.244 e. The van der Waals surface area contributed by atoms with Crippen molar-refractivity contribution in [2.45, 2.75) is 57.7 Å². The van der Waals surface area contributed by atoms with Gasteiger partial charge in [0.2, 0.25) is 17.5 Å². The van der Waals surface area contributed by atoms with Gasteiger partial charge in [0.05, 0.1) is 5.69 Å². The molecule has 11 heteroatoms. The van der Waals surface area contributed by atoms with Gasteiger partial charge < -0.3 is 26.2 Å². The molecule has 0 unspecified atom stereocenters. The van der Waals surface area contributed by atoms with Gasteiger partial charge >= 0.3 is 0 Å². The highest BCUT2D eigenvalue weighted by molar-refractivity contribution is 7.18. The first-order chi connectivity index (χ1) is 16.2. The summed E-state index contributed by atoms with van der Waals surface area (Å²) in [5.41, 5.74) is 12.8. The average Bonchev–Trinajstić information content (AvgIpc) is 3.54. The number of carbonyl (C=O) groups is 2. The number of rotatable bonds is 9. The van der Waals surface area contributed by atoms with Crippen LogP contribution in [-0.2, 0) is 11.3 Å². The number of anilines is 3. The van der Waals surface area contributed by atoms with Gasteiger partial charge in [0.15, 0.2) is 5.13 Å². The van der Waals surface area contributed by atoms with E-state index in [0.717, 1.165) is 24.2 Å². The molecule has 180 valence electrons. The minimum absolute atomic E-state index is 0.0108. The van der Waals surface area contributed by atoms with Crippen molar-refractivity contribution in [1.82, 2.24) is 15.5 Å². The molecule has 0 spiro atoms. The van der Waals surface area contributed by atoms with Gasteiger partial charge in [-0.3, -0.25) is 9.59 Å². The van der Waals surface area contributed by atoms with Gasteiger partial charge in [-0.05, 0) is 51.0 Å². The van der Waals surface area contributed by atoms with Gasteiger partial charge in [0.1, 0.15) is 22.6 Å². The molecule has 4 rings (SSSR count). The van der Waals surface area contributed by atoms with Gasteiger partial charge in [-0.25, -0.2) is 9.37 Å². The first-order valence-corrected chi connectivity index (χ1v) is 11.8. The van der Waals surface area contributed by atoms with E-state index in [9.17, 15) is 14.0 Å². The number of nitrogens with two attached hydrogens (primary N) is 2. The lowest BCUT2D eigenvalue weighted by atomic mass is 10.0. The van der Waals surface area contributed by atoms with E-state index in [1.165, 1.54) is 42.0 Å². The molecule has 2 aromatic heterocycles. The van der Waals surface area contributed by atoms with E-state index < -0.39 is 23.5 Å². The third-order valence-corrected chi connectivity index (χ3v) is 7.21. The lowest BCUT2D eigenvalue weighted by molar-refractivity contribution is -0.118. The topological polar surface area (TPSA) is 140 Å². The van der Waals surface area contributed by atoms with E-state index in [-0.39, 0.29) is 27.1 Å². The molecule has 0 saturated heterocycles. The maximum atomic E-state index is 13.4. The van der Waals surface area contributed by atoms with E-state index in [1.54, 1.807) is 13.0 Å². The van der Waals surface area contributed by atoms with E-state index in [1.807, 2.05) is 0 Å². The largest absolute Gasteiger partial charge is 0.382 e. The lowest BCUT2D eigenvalue weighted by Crippen LogP contribution is -2.39. The zero-order valence-electron chi connectivity index (χ0n) is 19.0. The predicted molar refractivity (Wildman–Crippen MR) is 127 cm³/mol. The summed E-state index contributed by atoms with van der Waals surface area (Å²) in [6.07, 6.45) is 4.60. The summed E-state index contributed by atoms with van der Waals surface area (Å²) >= 11 is 0.993. The summed E-state index contributed by atoms with van der Waals surface area (Å²) in [7, 11) is 0. The van der Waals surface area contributed by atoms with Crippen LogP contribution in [0.2, 0.25) is 0 Å². The maximum absolute atomic E-state index is 13.4. The molecule has 1 atom stereocenters. The van der Waals surface area contributed by atoms with Crippen molar-refractivity contribution in [2.24, 2.45) is 5.73 Å². The molecule has 5 N–H and O–H groups in total. The van der Waals surface area contributed by atoms with Gasteiger partial charge in [0, 0.05) is 23.8 Å². The molecule has 3 aromatic rings. The second-order valence-corrected chi connectivity index (χ2v) is 9.75. The minimum atomic E-state index is -0.820. The first-order valence-electron chi connectivity index (χ1n) is 11.0. The Morgan fingerprint density at radius 1 is 1.29 bits per heavy atom. The van der Waals surface area contributed by atoms with Crippen LogP contribution in [0.25, 0.3) is 0 Å². The van der Waals surface area contributed by atoms with Crippen molar-refractivity contribution >= 4 is 39.7 Å². The Hall–Kier alpha value is -3.31. The number of thiazole rings is 1. The summed E-state index contributed by atoms with van der Waals surface area (Å²) in [4.78, 5) is 31.0. The molecule has 2 heterocycles. The van der Waals surface area contributed by atoms with E-state index in [2.05, 4.69) is 22.4 Å². The van der Waals surface area contributed by atoms with Crippen LogP contribution >= 0.6 is 11.3 Å². The monoisotopic (exact) mass is 486 g/mol. The summed E-state index contributed by atoms with van der Waals surface area (Å²) in [5, 5.41) is 7.78. The molecule has 1 aliphatic carbocycles. The molecule has 1 aliphatic rings. The SMILES string of the molecule is C[C@H](C(N)=O)N(c1ccc(F)cc1)c1nc(N)c(C(=O)c2cc(CNC3(C)CCCC3)no2)s1. The number of halogens is 1. The lowest BCUT2D eigenvalue weighted by Gasteiger charge is -2.26. The van der Waals surface area contributed by atoms with Crippen LogP contribution in [0.1, 0.15) is 60.7 Å². The van der Waals surface area contributed by atoms with Crippen LogP contribution in [0, 0.1) is 5.82 Å². The van der Waals surface area contributed by atoms with Crippen molar-refractivity contribution < 1.29 is 18.5 Å². The first kappa shape index (κ1) is 23.8. The molecular formula is C23H27FN6O3S. The Morgan fingerprint density at radius 3 is 2.62 bits per heavy atom. The standard InChI is InChI=1S/C23H27FN6O3S/c1-13(21(26)32)30(16-7-5-14(24)6-8-16)22-28-20(25)19(34-22)18(31)17-11-15(29-33-17)12-27-23(2)9-3-4-10-23/h5-8,11,13,27H,3-4,9-10,12,25H2,1-2H3,(H2,26,32)/t13-/m1/s1. The molecular weight excluding hydrogens is 459 g/mol. The van der Waals surface area contributed by atoms with Gasteiger partial charge in [0.25, 0.3) is 0 Å². The number of nitrogens with zero attached hydrogens (tertiary/aromatic N) is 3. The number of amides is 1. The number of primary amides is 1. The molecule has 0 radical (unpaired) electrons. The number of benzene rings is 1. The molecule has 1 saturated carbocycles. The quantitative estimate of drug-likeness (QED) is 0.390. The Kier molecular flexibility index (Phi) is 6.67. The zero-order valence-corrected chi connectivity index (χ0v) is 19.8. The number of ketones is 1. The Morgan fingerprint density at radius 2 is 1.97 bits per heavy atom. The van der Waals surface area contributed by atoms with Crippen LogP contribution < -0.4 is 21.7 Å². The van der Waals surface area contributed by atoms with E-state index in [0.29, 0.717) is 17.9 Å². The van der Waals surface area contributed by atoms with Crippen molar-refractivity contribution in [3.05, 3.63) is 52.5 Å². The van der Waals surface area contributed by atoms with Crippen LogP contribution in [0.15, 0.2) is 34.9 Å². The van der Waals surface area contributed by atoms with Crippen LogP contribution in [0.5, 0.6) is 0 Å². The van der Waals surface area contributed by atoms with Crippen molar-refractivity contribution in [3.63, 3.8) is 0 Å². The summed E-state index contributed by atoms with van der Waals surface area (Å²) in [6.45, 7) is 4.27. The van der Waals surface area contributed by atoms with Gasteiger partial charge in [-0.1, -0.05) is 29.3 Å². The van der Waals surface area contributed by atoms with Crippen molar-refractivity contribution in [1.29, 1.82) is 0 Å². The van der Waals surface area contributed by atoms with Crippen LogP contribution in [0.3, 0.4) is 0 Å². The van der Waals surface area contributed by atoms with Crippen molar-refractivity contribution in [2.75, 3.05) is 10.6 Å². The number of carbonyl (C=O) groups excluding carboxylic acids is 2. The van der Waals surface area contributed by atoms with E-state index >= 15 is 0 Å². The van der Waals surface area contributed by atoms with Crippen LogP contribution in [-0.4, -0.2) is 33.4 Å². The highest BCUT2D eigenvalue weighted by Crippen LogP contribution is 2.36. The number of hydrogen-bond donors (Lipinski definition) is 3. The van der Waals surface area contributed by atoms with Gasteiger partial charge in [-0.2, -0.15) is 0 Å². The molecule has 1 amide bonds. The highest BCUT2D eigenvalue weighted by atomic mass is 32.1. The summed E-state index contributed by atoms with van der Waals surface area (Å²) in [5.74, 6) is -1.47. The normalized spacial score (nSPS) is 15.9. The molecule has 1 aromatic carbocycles. The van der Waals surface area contributed by atoms with Crippen LogP contribution in [0.4, 0.5) is 21.0 Å². The highest BCUT2D eigenvalue weighted by Gasteiger charge is 2.30. The third-order valence-electron chi connectivity index (χ3n) is 6.14. The Bertz CT molecular complexity index is 1190. The minimum Gasteiger partial charge on any atom is -0.382 e. The second kappa shape index (κ2) is 9.51. The van der Waals surface area contributed by atoms with Crippen molar-refractivity contribution in [3.8, 4) is 0 Å². The van der Waals surface area contributed by atoms with Gasteiger partial charge in [-0.15, -0.1) is 0 Å². The number of aromatic nitrogens is 2. The zero-order chi connectivity index (χ0) is 24.5. The molecule has 34 heavy (non-hydrogen) atoms. The second-order valence-electron chi connectivity index (χ2n) is 8.77. The fourth-order valence-electron chi connectivity index (χ4n) is 4.06. The van der Waals surface area contributed by atoms with E-state index in [4.69, 9.17) is 16.0 Å². The third kappa shape index (κ3) is 4.95. The number of hydrogen-bond acceptors (Lipinski definition) is 9. The summed E-state index contributed by atoms with van der Waals surface area (Å²) < 4.78 is 18.7. The Labute approximate surface area is 200 Å². The molecule has 9 nitrogen and oxygen atoms in total. The molecule has 0 aliphatic heterocycles. The average molecular weight is 487 g/mol. The number of nitrogens with one attached hydrogen (secondary N) is 1. The summed E-state index contributed by atoms with van der Waals surface area (Å²) in [6, 6.07) is 6.28. The fraction of sp³-hybridized carbons (Fsp3) is 0.391. The predicted octanol–water partition coefficient (Wildman–Crippen LogP) is 3.52.